The number of hydrogen-bond donors (Lipinski definition) is 2. The summed E-state index contributed by atoms with van der Waals surface area (Å²) in [4.78, 5) is 12.0. The van der Waals surface area contributed by atoms with Gasteiger partial charge in [0, 0.05) is 0 Å². The number of para-hydroxylation sites is 1. The Morgan fingerprint density at radius 1 is 1.21 bits per heavy atom. The summed E-state index contributed by atoms with van der Waals surface area (Å²) >= 11 is 1.22. The molecule has 4 nitrogen and oxygen atoms in total. The minimum Gasteiger partial charge on any atom is -0.477 e. The zero-order chi connectivity index (χ0) is 13.8. The average Bonchev–Trinajstić information content (AvgIpc) is 2.87. The smallest absolute Gasteiger partial charge is 0.345 e. The standard InChI is InChI=1S/C14H14N2O2S/c1-9-5-3-4-6-11(9)16-15-10(2)12-7-8-13(19-12)14(17)18/h3-8,16H,1-2H3,(H,17,18)/b15-10-. The number of carbonyl (C=O) groups is 1. The lowest BCUT2D eigenvalue weighted by Crippen LogP contribution is -1.98. The fraction of sp³-hybridized carbons (Fsp3) is 0.143. The number of thiophene rings is 1. The van der Waals surface area contributed by atoms with Gasteiger partial charge in [-0.25, -0.2) is 4.79 Å². The predicted molar refractivity (Wildman–Crippen MR) is 78.3 cm³/mol. The van der Waals surface area contributed by atoms with Gasteiger partial charge in [0.05, 0.1) is 16.3 Å². The highest BCUT2D eigenvalue weighted by molar-refractivity contribution is 7.15. The fourth-order valence-corrected chi connectivity index (χ4v) is 2.33. The van der Waals surface area contributed by atoms with Crippen LogP contribution in [0.15, 0.2) is 41.5 Å². The summed E-state index contributed by atoms with van der Waals surface area (Å²) in [6, 6.07) is 11.2. The minimum absolute atomic E-state index is 0.320. The van der Waals surface area contributed by atoms with Crippen LogP contribution in [0.4, 0.5) is 5.69 Å². The van der Waals surface area contributed by atoms with E-state index in [1.54, 1.807) is 12.1 Å². The van der Waals surface area contributed by atoms with Gasteiger partial charge < -0.3 is 5.11 Å². The Kier molecular flexibility index (Phi) is 3.97. The monoisotopic (exact) mass is 274 g/mol. The van der Waals surface area contributed by atoms with E-state index in [9.17, 15) is 4.79 Å². The van der Waals surface area contributed by atoms with Crippen LogP contribution < -0.4 is 5.43 Å². The highest BCUT2D eigenvalue weighted by atomic mass is 32.1. The maximum atomic E-state index is 10.8. The Bertz CT molecular complexity index is 632. The van der Waals surface area contributed by atoms with Crippen molar-refractivity contribution in [3.8, 4) is 0 Å². The van der Waals surface area contributed by atoms with Crippen molar-refractivity contribution in [2.45, 2.75) is 13.8 Å². The van der Waals surface area contributed by atoms with E-state index in [2.05, 4.69) is 10.5 Å². The number of hydrogen-bond acceptors (Lipinski definition) is 4. The van der Waals surface area contributed by atoms with Gasteiger partial charge >= 0.3 is 5.97 Å². The molecule has 2 N–H and O–H groups in total. The highest BCUT2D eigenvalue weighted by Crippen LogP contribution is 2.18. The van der Waals surface area contributed by atoms with Crippen molar-refractivity contribution in [3.05, 3.63) is 51.7 Å². The molecule has 0 radical (unpaired) electrons. The molecule has 1 aromatic heterocycles. The maximum Gasteiger partial charge on any atom is 0.345 e. The molecule has 2 aromatic rings. The fourth-order valence-electron chi connectivity index (χ4n) is 1.54. The van der Waals surface area contributed by atoms with Gasteiger partial charge in [0.1, 0.15) is 4.88 Å². The molecule has 0 saturated heterocycles. The van der Waals surface area contributed by atoms with Crippen molar-refractivity contribution >= 4 is 28.7 Å². The molecule has 19 heavy (non-hydrogen) atoms. The largest absolute Gasteiger partial charge is 0.477 e. The van der Waals surface area contributed by atoms with Crippen molar-refractivity contribution in [1.82, 2.24) is 0 Å². The van der Waals surface area contributed by atoms with Crippen molar-refractivity contribution in [1.29, 1.82) is 0 Å². The third-order valence-corrected chi connectivity index (χ3v) is 3.84. The second-order valence-corrected chi connectivity index (χ2v) is 5.18. The van der Waals surface area contributed by atoms with Gasteiger partial charge in [-0.3, -0.25) is 5.43 Å². The summed E-state index contributed by atoms with van der Waals surface area (Å²) in [7, 11) is 0. The molecule has 0 saturated carbocycles. The second kappa shape index (κ2) is 5.67. The van der Waals surface area contributed by atoms with Crippen molar-refractivity contribution in [2.75, 3.05) is 5.43 Å². The molecule has 2 rings (SSSR count). The Morgan fingerprint density at radius 2 is 1.89 bits per heavy atom. The SMILES string of the molecule is C/C(=N/Nc1ccccc1C)c1ccc(C(=O)O)s1. The normalized spacial score (nSPS) is 11.4. The van der Waals surface area contributed by atoms with Crippen molar-refractivity contribution in [3.63, 3.8) is 0 Å². The van der Waals surface area contributed by atoms with Gasteiger partial charge in [0.2, 0.25) is 0 Å². The van der Waals surface area contributed by atoms with E-state index in [4.69, 9.17) is 5.11 Å². The Labute approximate surface area is 115 Å². The number of anilines is 1. The van der Waals surface area contributed by atoms with Crippen molar-refractivity contribution in [2.24, 2.45) is 5.10 Å². The zero-order valence-electron chi connectivity index (χ0n) is 10.7. The highest BCUT2D eigenvalue weighted by Gasteiger charge is 2.08. The summed E-state index contributed by atoms with van der Waals surface area (Å²) in [6.07, 6.45) is 0. The van der Waals surface area contributed by atoms with E-state index < -0.39 is 5.97 Å². The molecule has 0 aliphatic rings. The molecule has 0 unspecified atom stereocenters. The zero-order valence-corrected chi connectivity index (χ0v) is 11.5. The molecule has 0 atom stereocenters. The second-order valence-electron chi connectivity index (χ2n) is 4.09. The first-order valence-electron chi connectivity index (χ1n) is 5.77. The summed E-state index contributed by atoms with van der Waals surface area (Å²) in [5.74, 6) is -0.907. The third-order valence-electron chi connectivity index (χ3n) is 2.66. The molecule has 1 heterocycles. The minimum atomic E-state index is -0.907. The number of carboxylic acid groups (broad SMARTS) is 1. The topological polar surface area (TPSA) is 61.7 Å². The van der Waals surface area contributed by atoms with Crippen LogP contribution in [0.25, 0.3) is 0 Å². The number of benzene rings is 1. The van der Waals surface area contributed by atoms with E-state index in [1.165, 1.54) is 11.3 Å². The quantitative estimate of drug-likeness (QED) is 0.661. The lowest BCUT2D eigenvalue weighted by atomic mass is 10.2. The van der Waals surface area contributed by atoms with Crippen LogP contribution in [0.5, 0.6) is 0 Å². The van der Waals surface area contributed by atoms with Gasteiger partial charge in [-0.1, -0.05) is 18.2 Å². The van der Waals surface area contributed by atoms with Crippen LogP contribution in [0, 0.1) is 6.92 Å². The number of aryl methyl sites for hydroxylation is 1. The number of carboxylic acids is 1. The van der Waals surface area contributed by atoms with E-state index in [0.717, 1.165) is 21.8 Å². The van der Waals surface area contributed by atoms with E-state index in [1.807, 2.05) is 38.1 Å². The number of rotatable bonds is 4. The van der Waals surface area contributed by atoms with Crippen LogP contribution in [0.3, 0.4) is 0 Å². The first-order valence-corrected chi connectivity index (χ1v) is 6.59. The van der Waals surface area contributed by atoms with Crippen LogP contribution in [-0.4, -0.2) is 16.8 Å². The Morgan fingerprint density at radius 3 is 2.53 bits per heavy atom. The van der Waals surface area contributed by atoms with Crippen LogP contribution in [0.2, 0.25) is 0 Å². The van der Waals surface area contributed by atoms with Gasteiger partial charge in [-0.2, -0.15) is 5.10 Å². The first-order chi connectivity index (χ1) is 9.08. The summed E-state index contributed by atoms with van der Waals surface area (Å²) in [6.45, 7) is 3.85. The Balaban J connectivity index is 2.15. The number of nitrogens with one attached hydrogen (secondary N) is 1. The van der Waals surface area contributed by atoms with Gasteiger partial charge in [-0.05, 0) is 37.6 Å². The molecule has 0 fully saturated rings. The molecule has 1 aromatic carbocycles. The molecule has 0 bridgehead atoms. The molecule has 0 spiro atoms. The molecule has 0 amide bonds. The molecular formula is C14H14N2O2S. The predicted octanol–water partition coefficient (Wildman–Crippen LogP) is 3.59. The molecular weight excluding hydrogens is 260 g/mol. The van der Waals surface area contributed by atoms with E-state index >= 15 is 0 Å². The first kappa shape index (κ1) is 13.3. The summed E-state index contributed by atoms with van der Waals surface area (Å²) in [5.41, 5.74) is 5.81. The molecule has 0 aliphatic heterocycles. The lowest BCUT2D eigenvalue weighted by molar-refractivity contribution is 0.0702. The number of aromatic carboxylic acids is 1. The van der Waals surface area contributed by atoms with Gasteiger partial charge in [0.25, 0.3) is 0 Å². The van der Waals surface area contributed by atoms with Gasteiger partial charge in [0.15, 0.2) is 0 Å². The van der Waals surface area contributed by atoms with E-state index in [0.29, 0.717) is 4.88 Å². The number of nitrogens with zero attached hydrogens (tertiary/aromatic N) is 1. The summed E-state index contributed by atoms with van der Waals surface area (Å²) in [5, 5.41) is 13.2. The lowest BCUT2D eigenvalue weighted by Gasteiger charge is -2.04. The van der Waals surface area contributed by atoms with Crippen molar-refractivity contribution < 1.29 is 9.90 Å². The van der Waals surface area contributed by atoms with Crippen LogP contribution in [0.1, 0.15) is 27.0 Å². The average molecular weight is 274 g/mol. The van der Waals surface area contributed by atoms with Crippen LogP contribution in [-0.2, 0) is 0 Å². The van der Waals surface area contributed by atoms with Gasteiger partial charge in [-0.15, -0.1) is 11.3 Å². The maximum absolute atomic E-state index is 10.8. The summed E-state index contributed by atoms with van der Waals surface area (Å²) < 4.78 is 0. The van der Waals surface area contributed by atoms with E-state index in [-0.39, 0.29) is 0 Å². The molecule has 0 aliphatic carbocycles. The molecule has 5 heteroatoms. The van der Waals surface area contributed by atoms with Crippen LogP contribution >= 0.6 is 11.3 Å². The molecule has 98 valence electrons. The Hall–Kier alpha value is -2.14. The number of hydrazone groups is 1. The third kappa shape index (κ3) is 3.20.